The Morgan fingerprint density at radius 3 is 2.50 bits per heavy atom. The van der Waals surface area contributed by atoms with E-state index in [0.29, 0.717) is 39.1 Å². The monoisotopic (exact) mass is 478 g/mol. The molecule has 2 amide bonds. The summed E-state index contributed by atoms with van der Waals surface area (Å²) in [7, 11) is 1.64. The molecule has 1 aliphatic rings. The third kappa shape index (κ3) is 5.81. The summed E-state index contributed by atoms with van der Waals surface area (Å²) in [5, 5.41) is 5.86. The van der Waals surface area contributed by atoms with E-state index in [0.717, 1.165) is 38.8 Å². The van der Waals surface area contributed by atoms with E-state index in [1.54, 1.807) is 7.11 Å². The first-order valence-electron chi connectivity index (χ1n) is 11.4. The van der Waals surface area contributed by atoms with Crippen molar-refractivity contribution in [1.29, 1.82) is 0 Å². The molecule has 0 unspecified atom stereocenters. The third-order valence-electron chi connectivity index (χ3n) is 6.19. The van der Waals surface area contributed by atoms with Crippen LogP contribution in [0.1, 0.15) is 16.8 Å². The van der Waals surface area contributed by atoms with E-state index in [9.17, 15) is 9.59 Å². The van der Waals surface area contributed by atoms with Crippen LogP contribution < -0.4 is 10.1 Å². The van der Waals surface area contributed by atoms with Gasteiger partial charge in [0.2, 0.25) is 11.8 Å². The van der Waals surface area contributed by atoms with Gasteiger partial charge in [0.25, 0.3) is 0 Å². The van der Waals surface area contributed by atoms with Gasteiger partial charge >= 0.3 is 0 Å². The number of aryl methyl sites for hydroxylation is 1. The zero-order valence-corrected chi connectivity index (χ0v) is 20.7. The van der Waals surface area contributed by atoms with E-state index in [1.807, 2.05) is 66.6 Å². The Bertz CT molecular complexity index is 1150. The molecule has 0 aliphatic carbocycles. The van der Waals surface area contributed by atoms with Gasteiger partial charge in [-0.3, -0.25) is 14.5 Å². The molecule has 1 aromatic heterocycles. The molecular formula is C26H30N4O3S. The van der Waals surface area contributed by atoms with Gasteiger partial charge in [0.1, 0.15) is 10.8 Å². The number of ether oxygens (including phenoxy) is 1. The maximum Gasteiger partial charge on any atom is 0.238 e. The van der Waals surface area contributed by atoms with Crippen LogP contribution >= 0.6 is 11.3 Å². The quantitative estimate of drug-likeness (QED) is 0.560. The maximum atomic E-state index is 12.8. The van der Waals surface area contributed by atoms with Gasteiger partial charge in [0.15, 0.2) is 0 Å². The molecule has 0 radical (unpaired) electrons. The molecule has 3 aromatic rings. The fraction of sp³-hybridized carbons (Fsp3) is 0.346. The molecule has 2 heterocycles. The highest BCUT2D eigenvalue weighted by atomic mass is 32.1. The minimum atomic E-state index is -0.0259. The highest BCUT2D eigenvalue weighted by Gasteiger charge is 2.23. The minimum absolute atomic E-state index is 0.0259. The number of thiazole rings is 1. The zero-order chi connectivity index (χ0) is 24.1. The lowest BCUT2D eigenvalue weighted by Gasteiger charge is -2.34. The lowest BCUT2D eigenvalue weighted by atomic mass is 10.1. The highest BCUT2D eigenvalue weighted by Crippen LogP contribution is 2.26. The van der Waals surface area contributed by atoms with E-state index < -0.39 is 0 Å². The van der Waals surface area contributed by atoms with Crippen LogP contribution in [0.15, 0.2) is 47.8 Å². The van der Waals surface area contributed by atoms with E-state index in [2.05, 4.69) is 15.2 Å². The molecule has 8 heteroatoms. The van der Waals surface area contributed by atoms with Gasteiger partial charge in [-0.1, -0.05) is 12.1 Å². The number of hydrogen-bond acceptors (Lipinski definition) is 6. The second kappa shape index (κ2) is 10.8. The lowest BCUT2D eigenvalue weighted by Crippen LogP contribution is -2.50. The number of carbonyl (C=O) groups is 2. The molecular weight excluding hydrogens is 448 g/mol. The van der Waals surface area contributed by atoms with E-state index >= 15 is 0 Å². The molecule has 7 nitrogen and oxygen atoms in total. The van der Waals surface area contributed by atoms with Gasteiger partial charge in [0.05, 0.1) is 25.8 Å². The van der Waals surface area contributed by atoms with Gasteiger partial charge in [-0.2, -0.15) is 0 Å². The topological polar surface area (TPSA) is 74.8 Å². The molecule has 0 bridgehead atoms. The summed E-state index contributed by atoms with van der Waals surface area (Å²) in [5.41, 5.74) is 4.90. The number of carbonyl (C=O) groups excluding carboxylic acids is 2. The Morgan fingerprint density at radius 2 is 1.79 bits per heavy atom. The molecule has 4 rings (SSSR count). The zero-order valence-electron chi connectivity index (χ0n) is 19.8. The summed E-state index contributed by atoms with van der Waals surface area (Å²) in [6, 6.07) is 13.7. The number of amides is 2. The summed E-state index contributed by atoms with van der Waals surface area (Å²) >= 11 is 1.54. The molecule has 0 spiro atoms. The molecule has 178 valence electrons. The molecule has 1 N–H and O–H groups in total. The van der Waals surface area contributed by atoms with Crippen LogP contribution in [0.4, 0.5) is 5.69 Å². The van der Waals surface area contributed by atoms with Crippen molar-refractivity contribution in [2.24, 2.45) is 0 Å². The van der Waals surface area contributed by atoms with Crippen LogP contribution in [0, 0.1) is 13.8 Å². The average Bonchev–Trinajstić information content (AvgIpc) is 3.31. The Morgan fingerprint density at radius 1 is 1.06 bits per heavy atom. The second-order valence-corrected chi connectivity index (χ2v) is 9.36. The first-order valence-corrected chi connectivity index (χ1v) is 12.3. The number of nitrogens with one attached hydrogen (secondary N) is 1. The van der Waals surface area contributed by atoms with Crippen molar-refractivity contribution in [3.05, 3.63) is 64.7 Å². The van der Waals surface area contributed by atoms with E-state index in [-0.39, 0.29) is 11.8 Å². The van der Waals surface area contributed by atoms with Crippen molar-refractivity contribution in [1.82, 2.24) is 14.8 Å². The number of anilines is 1. The Labute approximate surface area is 204 Å². The number of aromatic nitrogens is 1. The number of nitrogens with zero attached hydrogens (tertiary/aromatic N) is 3. The Kier molecular flexibility index (Phi) is 7.59. The second-order valence-electron chi connectivity index (χ2n) is 8.50. The van der Waals surface area contributed by atoms with Crippen LogP contribution in [0.2, 0.25) is 0 Å². The molecule has 34 heavy (non-hydrogen) atoms. The number of hydrogen-bond donors (Lipinski definition) is 1. The number of methoxy groups -OCH3 is 1. The summed E-state index contributed by atoms with van der Waals surface area (Å²) in [6.45, 7) is 6.97. The molecule has 0 saturated carbocycles. The normalized spacial score (nSPS) is 14.1. The van der Waals surface area contributed by atoms with Crippen LogP contribution in [-0.4, -0.2) is 66.4 Å². The van der Waals surface area contributed by atoms with Crippen LogP contribution in [0.5, 0.6) is 5.75 Å². The van der Waals surface area contributed by atoms with Crippen molar-refractivity contribution in [2.75, 3.05) is 45.2 Å². The summed E-state index contributed by atoms with van der Waals surface area (Å²) in [5.74, 6) is 0.852. The van der Waals surface area contributed by atoms with Crippen molar-refractivity contribution < 1.29 is 14.3 Å². The van der Waals surface area contributed by atoms with Crippen LogP contribution in [0.3, 0.4) is 0 Å². The molecule has 1 aliphatic heterocycles. The summed E-state index contributed by atoms with van der Waals surface area (Å²) < 4.78 is 5.20. The third-order valence-corrected chi connectivity index (χ3v) is 7.13. The number of piperazine rings is 1. The standard InChI is InChI=1S/C26H30N4O3S/c1-18-5-4-6-23(19(18)2)28-24(31)16-29-11-13-30(14-12-29)25(32)15-21-17-34-26(27-21)20-7-9-22(33-3)10-8-20/h4-10,17H,11-16H2,1-3H3,(H,28,31). The summed E-state index contributed by atoms with van der Waals surface area (Å²) in [6.07, 6.45) is 0.291. The SMILES string of the molecule is COc1ccc(-c2nc(CC(=O)N3CCN(CC(=O)Nc4cccc(C)c4C)CC3)cs2)cc1. The highest BCUT2D eigenvalue weighted by molar-refractivity contribution is 7.13. The molecule has 1 saturated heterocycles. The van der Waals surface area contributed by atoms with Crippen molar-refractivity contribution in [3.63, 3.8) is 0 Å². The van der Waals surface area contributed by atoms with Gasteiger partial charge in [-0.05, 0) is 55.3 Å². The minimum Gasteiger partial charge on any atom is -0.497 e. The Balaban J connectivity index is 1.25. The van der Waals surface area contributed by atoms with Crippen LogP contribution in [-0.2, 0) is 16.0 Å². The van der Waals surface area contributed by atoms with Gasteiger partial charge in [0, 0.05) is 42.8 Å². The fourth-order valence-electron chi connectivity index (χ4n) is 3.96. The molecule has 2 aromatic carbocycles. The van der Waals surface area contributed by atoms with Crippen molar-refractivity contribution in [3.8, 4) is 16.3 Å². The summed E-state index contributed by atoms with van der Waals surface area (Å²) in [4.78, 5) is 33.9. The first-order chi connectivity index (χ1) is 16.4. The van der Waals surface area contributed by atoms with E-state index in [4.69, 9.17) is 4.74 Å². The largest absolute Gasteiger partial charge is 0.497 e. The number of benzene rings is 2. The Hall–Kier alpha value is -3.23. The molecule has 0 atom stereocenters. The molecule has 1 fully saturated rings. The predicted molar refractivity (Wildman–Crippen MR) is 135 cm³/mol. The number of rotatable bonds is 7. The predicted octanol–water partition coefficient (Wildman–Crippen LogP) is 3.76. The average molecular weight is 479 g/mol. The van der Waals surface area contributed by atoms with Crippen molar-refractivity contribution >= 4 is 28.8 Å². The van der Waals surface area contributed by atoms with Gasteiger partial charge in [-0.25, -0.2) is 4.98 Å². The van der Waals surface area contributed by atoms with Gasteiger partial charge in [-0.15, -0.1) is 11.3 Å². The van der Waals surface area contributed by atoms with Crippen molar-refractivity contribution in [2.45, 2.75) is 20.3 Å². The fourth-order valence-corrected chi connectivity index (χ4v) is 4.78. The first kappa shape index (κ1) is 23.9. The van der Waals surface area contributed by atoms with Crippen LogP contribution in [0.25, 0.3) is 10.6 Å². The maximum absolute atomic E-state index is 12.8. The lowest BCUT2D eigenvalue weighted by molar-refractivity contribution is -0.132. The smallest absolute Gasteiger partial charge is 0.238 e. The van der Waals surface area contributed by atoms with E-state index in [1.165, 1.54) is 11.3 Å². The van der Waals surface area contributed by atoms with Gasteiger partial charge < -0.3 is 15.0 Å².